The van der Waals surface area contributed by atoms with E-state index in [2.05, 4.69) is 25.7 Å². The van der Waals surface area contributed by atoms with E-state index in [1.165, 1.54) is 51.7 Å². The number of rotatable bonds is 2. The summed E-state index contributed by atoms with van der Waals surface area (Å²) >= 11 is 0. The van der Waals surface area contributed by atoms with Gasteiger partial charge in [-0.05, 0) is 62.4 Å². The third kappa shape index (κ3) is 3.45. The van der Waals surface area contributed by atoms with Gasteiger partial charge in [0, 0.05) is 12.6 Å². The van der Waals surface area contributed by atoms with Crippen LogP contribution >= 0.6 is 0 Å². The van der Waals surface area contributed by atoms with E-state index >= 15 is 0 Å². The smallest absolute Gasteiger partial charge is 0.00795 e. The molecule has 1 heterocycles. The van der Waals surface area contributed by atoms with E-state index in [4.69, 9.17) is 5.73 Å². The van der Waals surface area contributed by atoms with Gasteiger partial charge in [-0.15, -0.1) is 0 Å². The molecule has 0 amide bonds. The Morgan fingerprint density at radius 1 is 1.12 bits per heavy atom. The van der Waals surface area contributed by atoms with E-state index < -0.39 is 0 Å². The van der Waals surface area contributed by atoms with Gasteiger partial charge in [0.2, 0.25) is 0 Å². The summed E-state index contributed by atoms with van der Waals surface area (Å²) in [5.41, 5.74) is 6.80. The quantitative estimate of drug-likeness (QED) is 0.801. The molecule has 1 saturated carbocycles. The molecule has 2 N–H and O–H groups in total. The molecule has 3 atom stereocenters. The molecule has 2 rings (SSSR count). The van der Waals surface area contributed by atoms with E-state index in [0.29, 0.717) is 11.5 Å². The molecule has 1 saturated heterocycles. The van der Waals surface area contributed by atoms with Gasteiger partial charge in [-0.3, -0.25) is 0 Å². The number of hydrogen-bond acceptors (Lipinski definition) is 2. The van der Waals surface area contributed by atoms with E-state index in [0.717, 1.165) is 11.8 Å². The molecule has 3 unspecified atom stereocenters. The van der Waals surface area contributed by atoms with Crippen LogP contribution in [0.4, 0.5) is 0 Å². The van der Waals surface area contributed by atoms with Crippen molar-refractivity contribution in [2.24, 2.45) is 23.0 Å². The van der Waals surface area contributed by atoms with Gasteiger partial charge in [-0.2, -0.15) is 0 Å². The van der Waals surface area contributed by atoms with Crippen molar-refractivity contribution in [2.45, 2.75) is 58.9 Å². The van der Waals surface area contributed by atoms with Gasteiger partial charge in [-0.25, -0.2) is 0 Å². The van der Waals surface area contributed by atoms with Crippen molar-refractivity contribution in [3.8, 4) is 0 Å². The molecule has 0 bridgehead atoms. The highest BCUT2D eigenvalue weighted by Gasteiger charge is 2.35. The molecule has 0 aromatic heterocycles. The predicted molar refractivity (Wildman–Crippen MR) is 73.9 cm³/mol. The lowest BCUT2D eigenvalue weighted by Crippen LogP contribution is -2.44. The lowest BCUT2D eigenvalue weighted by atomic mass is 9.67. The van der Waals surface area contributed by atoms with Crippen molar-refractivity contribution in [1.29, 1.82) is 0 Å². The lowest BCUT2D eigenvalue weighted by Gasteiger charge is -2.41. The van der Waals surface area contributed by atoms with Gasteiger partial charge in [0.25, 0.3) is 0 Å². The molecule has 0 aromatic carbocycles. The van der Waals surface area contributed by atoms with Crippen LogP contribution in [-0.2, 0) is 0 Å². The average Bonchev–Trinajstić information content (AvgIpc) is 2.72. The second-order valence-corrected chi connectivity index (χ2v) is 7.31. The highest BCUT2D eigenvalue weighted by molar-refractivity contribution is 4.89. The first kappa shape index (κ1) is 13.4. The molecule has 2 fully saturated rings. The van der Waals surface area contributed by atoms with Crippen LogP contribution < -0.4 is 5.73 Å². The summed E-state index contributed by atoms with van der Waals surface area (Å²) in [6.07, 6.45) is 6.71. The van der Waals surface area contributed by atoms with Crippen LogP contribution in [0, 0.1) is 17.3 Å². The summed E-state index contributed by atoms with van der Waals surface area (Å²) in [5, 5.41) is 0. The first-order valence-electron chi connectivity index (χ1n) is 7.45. The zero-order valence-corrected chi connectivity index (χ0v) is 11.9. The minimum Gasteiger partial charge on any atom is -0.327 e. The van der Waals surface area contributed by atoms with E-state index in [-0.39, 0.29) is 0 Å². The molecule has 0 spiro atoms. The largest absolute Gasteiger partial charge is 0.327 e. The van der Waals surface area contributed by atoms with Crippen molar-refractivity contribution in [1.82, 2.24) is 4.90 Å². The maximum atomic E-state index is 6.34. The molecule has 0 radical (unpaired) electrons. The number of hydrogen-bond donors (Lipinski definition) is 1. The minimum atomic E-state index is 0.453. The monoisotopic (exact) mass is 238 g/mol. The molecule has 0 aromatic rings. The second-order valence-electron chi connectivity index (χ2n) is 7.31. The summed E-state index contributed by atoms with van der Waals surface area (Å²) in [6.45, 7) is 11.0. The standard InChI is InChI=1S/C15H30N2/c1-15(2,3)13-6-7-14(16)12(10-13)11-17-8-4-5-9-17/h12-14H,4-11,16H2,1-3H3. The van der Waals surface area contributed by atoms with Crippen LogP contribution in [0.3, 0.4) is 0 Å². The van der Waals surface area contributed by atoms with Crippen LogP contribution in [0.2, 0.25) is 0 Å². The lowest BCUT2D eigenvalue weighted by molar-refractivity contribution is 0.105. The van der Waals surface area contributed by atoms with Gasteiger partial charge in [-0.1, -0.05) is 20.8 Å². The maximum absolute atomic E-state index is 6.34. The van der Waals surface area contributed by atoms with Gasteiger partial charge in [0.1, 0.15) is 0 Å². The SMILES string of the molecule is CC(C)(C)C1CCC(N)C(CN2CCCC2)C1. The molecule has 2 aliphatic rings. The zero-order valence-electron chi connectivity index (χ0n) is 11.9. The average molecular weight is 238 g/mol. The van der Waals surface area contributed by atoms with E-state index in [9.17, 15) is 0 Å². The Morgan fingerprint density at radius 2 is 1.76 bits per heavy atom. The minimum absolute atomic E-state index is 0.453. The molecular weight excluding hydrogens is 208 g/mol. The summed E-state index contributed by atoms with van der Waals surface area (Å²) in [5.74, 6) is 1.61. The fraction of sp³-hybridized carbons (Fsp3) is 1.00. The summed E-state index contributed by atoms with van der Waals surface area (Å²) in [6, 6.07) is 0.453. The highest BCUT2D eigenvalue weighted by atomic mass is 15.1. The molecular formula is C15H30N2. The summed E-state index contributed by atoms with van der Waals surface area (Å²) in [7, 11) is 0. The van der Waals surface area contributed by atoms with Crippen LogP contribution in [0.5, 0.6) is 0 Å². The van der Waals surface area contributed by atoms with Crippen molar-refractivity contribution < 1.29 is 0 Å². The Labute approximate surface area is 107 Å². The molecule has 17 heavy (non-hydrogen) atoms. The number of nitrogens with two attached hydrogens (primary N) is 1. The fourth-order valence-electron chi connectivity index (χ4n) is 3.58. The third-order valence-electron chi connectivity index (χ3n) is 4.96. The van der Waals surface area contributed by atoms with Crippen molar-refractivity contribution in [3.05, 3.63) is 0 Å². The highest BCUT2D eigenvalue weighted by Crippen LogP contribution is 2.40. The van der Waals surface area contributed by atoms with Crippen LogP contribution in [0.25, 0.3) is 0 Å². The fourth-order valence-corrected chi connectivity index (χ4v) is 3.58. The maximum Gasteiger partial charge on any atom is 0.00795 e. The molecule has 2 nitrogen and oxygen atoms in total. The summed E-state index contributed by atoms with van der Waals surface area (Å²) < 4.78 is 0. The Kier molecular flexibility index (Phi) is 4.14. The van der Waals surface area contributed by atoms with Gasteiger partial charge in [0.15, 0.2) is 0 Å². The Bertz CT molecular complexity index is 238. The second kappa shape index (κ2) is 5.27. The normalized spacial score (nSPS) is 36.4. The van der Waals surface area contributed by atoms with Crippen molar-refractivity contribution in [3.63, 3.8) is 0 Å². The molecule has 1 aliphatic heterocycles. The van der Waals surface area contributed by atoms with Crippen LogP contribution in [0.15, 0.2) is 0 Å². The number of nitrogens with zero attached hydrogens (tertiary/aromatic N) is 1. The third-order valence-corrected chi connectivity index (χ3v) is 4.96. The van der Waals surface area contributed by atoms with E-state index in [1.54, 1.807) is 0 Å². The Hall–Kier alpha value is -0.0800. The van der Waals surface area contributed by atoms with Crippen LogP contribution in [0.1, 0.15) is 52.9 Å². The predicted octanol–water partition coefficient (Wildman–Crippen LogP) is 2.87. The topological polar surface area (TPSA) is 29.3 Å². The van der Waals surface area contributed by atoms with Gasteiger partial charge < -0.3 is 10.6 Å². The Morgan fingerprint density at radius 3 is 2.35 bits per heavy atom. The first-order chi connectivity index (χ1) is 7.97. The van der Waals surface area contributed by atoms with Crippen molar-refractivity contribution in [2.75, 3.05) is 19.6 Å². The zero-order chi connectivity index (χ0) is 12.5. The van der Waals surface area contributed by atoms with E-state index in [1.807, 2.05) is 0 Å². The number of likely N-dealkylation sites (tertiary alicyclic amines) is 1. The van der Waals surface area contributed by atoms with Gasteiger partial charge in [0.05, 0.1) is 0 Å². The van der Waals surface area contributed by atoms with Crippen LogP contribution in [-0.4, -0.2) is 30.6 Å². The molecule has 100 valence electrons. The summed E-state index contributed by atoms with van der Waals surface area (Å²) in [4.78, 5) is 2.63. The Balaban J connectivity index is 1.90. The molecule has 2 heteroatoms. The first-order valence-corrected chi connectivity index (χ1v) is 7.45. The van der Waals surface area contributed by atoms with Gasteiger partial charge >= 0.3 is 0 Å². The van der Waals surface area contributed by atoms with Crippen molar-refractivity contribution >= 4 is 0 Å². The molecule has 1 aliphatic carbocycles.